The third kappa shape index (κ3) is 3.43. The van der Waals surface area contributed by atoms with Gasteiger partial charge in [-0.15, -0.1) is 0 Å². The number of hydrogen-bond donors (Lipinski definition) is 1. The van der Waals surface area contributed by atoms with Gasteiger partial charge in [-0.2, -0.15) is 0 Å². The third-order valence-electron chi connectivity index (χ3n) is 4.02. The van der Waals surface area contributed by atoms with Crippen LogP contribution in [0.2, 0.25) is 5.02 Å². The highest BCUT2D eigenvalue weighted by atomic mass is 35.5. The Kier molecular flexibility index (Phi) is 4.63. The smallest absolute Gasteiger partial charge is 0.297 e. The molecule has 0 saturated heterocycles. The Bertz CT molecular complexity index is 1210. The highest BCUT2D eigenvalue weighted by molar-refractivity contribution is 7.99. The Morgan fingerprint density at radius 2 is 1.96 bits per heavy atom. The topological polar surface area (TPSA) is 77.1 Å². The SMILES string of the molecule is Cn1c(SCC(=O)Nc2ccc(Cl)cc2)nc2c(oc3ccccc32)c1=O. The van der Waals surface area contributed by atoms with Crippen molar-refractivity contribution in [2.75, 3.05) is 11.1 Å². The fourth-order valence-corrected chi connectivity index (χ4v) is 3.58. The van der Waals surface area contributed by atoms with Crippen molar-refractivity contribution in [2.24, 2.45) is 7.05 Å². The zero-order valence-electron chi connectivity index (χ0n) is 14.2. The summed E-state index contributed by atoms with van der Waals surface area (Å²) < 4.78 is 7.03. The molecule has 0 atom stereocenters. The lowest BCUT2D eigenvalue weighted by molar-refractivity contribution is -0.113. The van der Waals surface area contributed by atoms with Crippen molar-refractivity contribution in [3.05, 3.63) is 63.9 Å². The van der Waals surface area contributed by atoms with Gasteiger partial charge in [-0.25, -0.2) is 4.98 Å². The number of aromatic nitrogens is 2. The van der Waals surface area contributed by atoms with Gasteiger partial charge in [0.15, 0.2) is 5.16 Å². The predicted molar refractivity (Wildman–Crippen MR) is 108 cm³/mol. The standard InChI is InChI=1S/C19H14ClN3O3S/c1-23-18(25)17-16(13-4-2-3-5-14(13)26-17)22-19(23)27-10-15(24)21-12-8-6-11(20)7-9-12/h2-9H,10H2,1H3,(H,21,24). The first-order valence-corrected chi connectivity index (χ1v) is 9.46. The second kappa shape index (κ2) is 7.09. The number of rotatable bonds is 4. The molecule has 27 heavy (non-hydrogen) atoms. The molecule has 136 valence electrons. The van der Waals surface area contributed by atoms with E-state index in [1.807, 2.05) is 18.2 Å². The van der Waals surface area contributed by atoms with Crippen LogP contribution in [0.1, 0.15) is 0 Å². The Hall–Kier alpha value is -2.77. The Morgan fingerprint density at radius 1 is 1.22 bits per heavy atom. The summed E-state index contributed by atoms with van der Waals surface area (Å²) in [6, 6.07) is 14.2. The second-order valence-electron chi connectivity index (χ2n) is 5.88. The number of amides is 1. The first kappa shape index (κ1) is 17.6. The van der Waals surface area contributed by atoms with Crippen LogP contribution < -0.4 is 10.9 Å². The number of anilines is 1. The number of furan rings is 1. The maximum Gasteiger partial charge on any atom is 0.297 e. The average molecular weight is 400 g/mol. The van der Waals surface area contributed by atoms with E-state index >= 15 is 0 Å². The summed E-state index contributed by atoms with van der Waals surface area (Å²) in [4.78, 5) is 29.3. The van der Waals surface area contributed by atoms with Crippen molar-refractivity contribution in [1.29, 1.82) is 0 Å². The molecule has 1 amide bonds. The van der Waals surface area contributed by atoms with E-state index in [-0.39, 0.29) is 22.8 Å². The zero-order chi connectivity index (χ0) is 19.0. The maximum absolute atomic E-state index is 12.6. The molecule has 0 aliphatic rings. The molecule has 1 N–H and O–H groups in total. The summed E-state index contributed by atoms with van der Waals surface area (Å²) >= 11 is 7.03. The number of carbonyl (C=O) groups excluding carboxylic acids is 1. The minimum Gasteiger partial charge on any atom is -0.448 e. The maximum atomic E-state index is 12.6. The number of para-hydroxylation sites is 1. The molecule has 0 radical (unpaired) electrons. The molecule has 0 spiro atoms. The molecule has 0 bridgehead atoms. The summed E-state index contributed by atoms with van der Waals surface area (Å²) in [5.41, 5.74) is 1.71. The lowest BCUT2D eigenvalue weighted by Crippen LogP contribution is -2.21. The van der Waals surface area contributed by atoms with E-state index in [4.69, 9.17) is 16.0 Å². The van der Waals surface area contributed by atoms with Crippen LogP contribution in [0, 0.1) is 0 Å². The summed E-state index contributed by atoms with van der Waals surface area (Å²) in [6.07, 6.45) is 0. The number of benzene rings is 2. The number of nitrogens with one attached hydrogen (secondary N) is 1. The van der Waals surface area contributed by atoms with Crippen LogP contribution >= 0.6 is 23.4 Å². The summed E-state index contributed by atoms with van der Waals surface area (Å²) in [7, 11) is 1.61. The van der Waals surface area contributed by atoms with E-state index < -0.39 is 0 Å². The molecule has 6 nitrogen and oxygen atoms in total. The first-order chi connectivity index (χ1) is 13.0. The van der Waals surface area contributed by atoms with E-state index in [2.05, 4.69) is 10.3 Å². The summed E-state index contributed by atoms with van der Waals surface area (Å²) in [5, 5.41) is 4.61. The molecule has 4 aromatic rings. The van der Waals surface area contributed by atoms with Crippen LogP contribution in [0.25, 0.3) is 22.1 Å². The van der Waals surface area contributed by atoms with E-state index in [1.54, 1.807) is 37.4 Å². The number of hydrogen-bond acceptors (Lipinski definition) is 5. The fraction of sp³-hybridized carbons (Fsp3) is 0.105. The van der Waals surface area contributed by atoms with Crippen molar-refractivity contribution >= 4 is 57.0 Å². The van der Waals surface area contributed by atoms with Crippen LogP contribution in [-0.2, 0) is 11.8 Å². The van der Waals surface area contributed by atoms with Crippen molar-refractivity contribution in [1.82, 2.24) is 9.55 Å². The molecule has 2 aromatic carbocycles. The molecule has 8 heteroatoms. The third-order valence-corrected chi connectivity index (χ3v) is 5.30. The van der Waals surface area contributed by atoms with Gasteiger partial charge in [0.1, 0.15) is 11.1 Å². The number of carbonyl (C=O) groups is 1. The van der Waals surface area contributed by atoms with E-state index in [9.17, 15) is 9.59 Å². The van der Waals surface area contributed by atoms with Crippen LogP contribution in [0.15, 0.2) is 62.9 Å². The van der Waals surface area contributed by atoms with Gasteiger partial charge >= 0.3 is 0 Å². The molecule has 0 aliphatic heterocycles. The summed E-state index contributed by atoms with van der Waals surface area (Å²) in [5.74, 6) is -0.0850. The van der Waals surface area contributed by atoms with Crippen LogP contribution in [0.4, 0.5) is 5.69 Å². The van der Waals surface area contributed by atoms with Crippen LogP contribution in [0.3, 0.4) is 0 Å². The van der Waals surface area contributed by atoms with Crippen molar-refractivity contribution in [3.8, 4) is 0 Å². The van der Waals surface area contributed by atoms with E-state index in [1.165, 1.54) is 16.3 Å². The summed E-state index contributed by atoms with van der Waals surface area (Å²) in [6.45, 7) is 0. The molecule has 0 fully saturated rings. The fourth-order valence-electron chi connectivity index (χ4n) is 2.69. The predicted octanol–water partition coefficient (Wildman–Crippen LogP) is 4.06. The Labute approximate surface area is 163 Å². The van der Waals surface area contributed by atoms with Gasteiger partial charge in [0, 0.05) is 23.1 Å². The lowest BCUT2D eigenvalue weighted by Gasteiger charge is -2.07. The molecule has 0 aliphatic carbocycles. The largest absolute Gasteiger partial charge is 0.448 e. The van der Waals surface area contributed by atoms with Crippen molar-refractivity contribution < 1.29 is 9.21 Å². The molecule has 0 saturated carbocycles. The van der Waals surface area contributed by atoms with Gasteiger partial charge < -0.3 is 9.73 Å². The number of halogens is 1. The molecular formula is C19H14ClN3O3S. The van der Waals surface area contributed by atoms with Gasteiger partial charge in [0.05, 0.1) is 5.75 Å². The number of thioether (sulfide) groups is 1. The quantitative estimate of drug-likeness (QED) is 0.413. The van der Waals surface area contributed by atoms with Crippen molar-refractivity contribution in [3.63, 3.8) is 0 Å². The second-order valence-corrected chi connectivity index (χ2v) is 7.26. The Balaban J connectivity index is 1.59. The van der Waals surface area contributed by atoms with Crippen LogP contribution in [-0.4, -0.2) is 21.2 Å². The van der Waals surface area contributed by atoms with E-state index in [0.717, 1.165) is 5.39 Å². The minimum atomic E-state index is -0.281. The van der Waals surface area contributed by atoms with Gasteiger partial charge in [0.2, 0.25) is 11.5 Å². The monoisotopic (exact) mass is 399 g/mol. The van der Waals surface area contributed by atoms with Crippen LogP contribution in [0.5, 0.6) is 0 Å². The number of nitrogens with zero attached hydrogens (tertiary/aromatic N) is 2. The highest BCUT2D eigenvalue weighted by Crippen LogP contribution is 2.26. The van der Waals surface area contributed by atoms with Gasteiger partial charge in [-0.3, -0.25) is 14.2 Å². The Morgan fingerprint density at radius 3 is 2.74 bits per heavy atom. The average Bonchev–Trinajstić information content (AvgIpc) is 3.04. The lowest BCUT2D eigenvalue weighted by atomic mass is 10.2. The molecule has 0 unspecified atom stereocenters. The number of fused-ring (bicyclic) bond motifs is 3. The molecule has 4 rings (SSSR count). The zero-order valence-corrected chi connectivity index (χ0v) is 15.8. The van der Waals surface area contributed by atoms with Gasteiger partial charge in [-0.05, 0) is 36.4 Å². The highest BCUT2D eigenvalue weighted by Gasteiger charge is 2.16. The minimum absolute atomic E-state index is 0.115. The molecular weight excluding hydrogens is 386 g/mol. The molecule has 2 heterocycles. The van der Waals surface area contributed by atoms with Gasteiger partial charge in [-0.1, -0.05) is 35.5 Å². The van der Waals surface area contributed by atoms with Crippen molar-refractivity contribution in [2.45, 2.75) is 5.16 Å². The first-order valence-electron chi connectivity index (χ1n) is 8.09. The van der Waals surface area contributed by atoms with Gasteiger partial charge in [0.25, 0.3) is 5.56 Å². The molecule has 2 aromatic heterocycles. The normalized spacial score (nSPS) is 11.2. The van der Waals surface area contributed by atoms with E-state index in [0.29, 0.717) is 27.0 Å².